The SMILES string of the molecule is CCCCc1nc(C(=O)C2CCCCC2)nn1Cc1ccc(-c2cnccc2-c2nn[nH]n2)cc1. The summed E-state index contributed by atoms with van der Waals surface area (Å²) in [4.78, 5) is 22.0. The number of pyridine rings is 1. The second-order valence-corrected chi connectivity index (χ2v) is 9.17. The van der Waals surface area contributed by atoms with Crippen molar-refractivity contribution in [3.63, 3.8) is 0 Å². The van der Waals surface area contributed by atoms with Gasteiger partial charge < -0.3 is 0 Å². The molecule has 1 aliphatic rings. The number of hydrogen-bond acceptors (Lipinski definition) is 7. The van der Waals surface area contributed by atoms with Gasteiger partial charge in [0, 0.05) is 35.9 Å². The number of nitrogens with one attached hydrogen (secondary N) is 1. The molecule has 0 amide bonds. The molecule has 1 N–H and O–H groups in total. The highest BCUT2D eigenvalue weighted by atomic mass is 16.1. The maximum absolute atomic E-state index is 13.1. The van der Waals surface area contributed by atoms with E-state index in [0.717, 1.165) is 73.0 Å². The van der Waals surface area contributed by atoms with E-state index >= 15 is 0 Å². The van der Waals surface area contributed by atoms with Crippen LogP contribution in [0.4, 0.5) is 0 Å². The first-order valence-corrected chi connectivity index (χ1v) is 12.5. The fourth-order valence-corrected chi connectivity index (χ4v) is 4.73. The molecule has 9 heteroatoms. The molecule has 0 spiro atoms. The number of carbonyl (C=O) groups is 1. The number of ketones is 1. The summed E-state index contributed by atoms with van der Waals surface area (Å²) >= 11 is 0. The minimum absolute atomic E-state index is 0.0748. The largest absolute Gasteiger partial charge is 0.290 e. The third kappa shape index (κ3) is 5.18. The summed E-state index contributed by atoms with van der Waals surface area (Å²) in [6, 6.07) is 10.2. The summed E-state index contributed by atoms with van der Waals surface area (Å²) < 4.78 is 1.91. The second kappa shape index (κ2) is 10.7. The van der Waals surface area contributed by atoms with Crippen LogP contribution in [0, 0.1) is 5.92 Å². The number of aryl methyl sites for hydroxylation is 1. The molecule has 0 saturated heterocycles. The number of nitrogens with zero attached hydrogens (tertiary/aromatic N) is 7. The average molecular weight is 471 g/mol. The van der Waals surface area contributed by atoms with Crippen LogP contribution in [-0.2, 0) is 13.0 Å². The Labute approximate surface area is 204 Å². The fourth-order valence-electron chi connectivity index (χ4n) is 4.73. The number of carbonyl (C=O) groups excluding carboxylic acids is 1. The third-order valence-corrected chi connectivity index (χ3v) is 6.70. The van der Waals surface area contributed by atoms with Crippen molar-refractivity contribution in [3.05, 3.63) is 59.9 Å². The molecule has 1 saturated carbocycles. The molecular weight excluding hydrogens is 440 g/mol. The van der Waals surface area contributed by atoms with E-state index in [-0.39, 0.29) is 11.7 Å². The summed E-state index contributed by atoms with van der Waals surface area (Å²) in [7, 11) is 0. The van der Waals surface area contributed by atoms with Crippen LogP contribution in [0.25, 0.3) is 22.5 Å². The van der Waals surface area contributed by atoms with Gasteiger partial charge in [0.2, 0.25) is 17.4 Å². The molecule has 5 rings (SSSR count). The van der Waals surface area contributed by atoms with Gasteiger partial charge in [-0.3, -0.25) is 9.78 Å². The minimum Gasteiger partial charge on any atom is -0.290 e. The topological polar surface area (TPSA) is 115 Å². The van der Waals surface area contributed by atoms with Crippen LogP contribution in [0.1, 0.15) is 73.9 Å². The van der Waals surface area contributed by atoms with Crippen molar-refractivity contribution < 1.29 is 4.79 Å². The van der Waals surface area contributed by atoms with Gasteiger partial charge in [-0.05, 0) is 41.7 Å². The maximum Gasteiger partial charge on any atom is 0.217 e. The van der Waals surface area contributed by atoms with E-state index in [1.165, 1.54) is 6.42 Å². The summed E-state index contributed by atoms with van der Waals surface area (Å²) in [5.74, 6) is 2.00. The standard InChI is InChI=1S/C26H30N8O/c1-2-3-9-23-28-26(24(35)20-7-5-4-6-8-20)31-34(23)17-18-10-12-19(13-11-18)22-16-27-15-14-21(22)25-29-32-33-30-25/h10-16,20H,2-9,17H2,1H3,(H,29,30,32,33). The van der Waals surface area contributed by atoms with E-state index in [9.17, 15) is 4.79 Å². The van der Waals surface area contributed by atoms with Crippen molar-refractivity contribution in [1.82, 2.24) is 40.4 Å². The zero-order chi connectivity index (χ0) is 24.0. The molecule has 35 heavy (non-hydrogen) atoms. The number of hydrogen-bond donors (Lipinski definition) is 1. The Morgan fingerprint density at radius 1 is 1.09 bits per heavy atom. The van der Waals surface area contributed by atoms with Crippen molar-refractivity contribution in [2.75, 3.05) is 0 Å². The third-order valence-electron chi connectivity index (χ3n) is 6.70. The van der Waals surface area contributed by atoms with E-state index in [1.54, 1.807) is 6.20 Å². The van der Waals surface area contributed by atoms with Crippen LogP contribution in [0.15, 0.2) is 42.7 Å². The minimum atomic E-state index is 0.0748. The molecule has 0 atom stereocenters. The van der Waals surface area contributed by atoms with Gasteiger partial charge in [-0.1, -0.05) is 56.9 Å². The summed E-state index contributed by atoms with van der Waals surface area (Å²) in [5.41, 5.74) is 3.91. The van der Waals surface area contributed by atoms with Gasteiger partial charge in [0.25, 0.3) is 0 Å². The number of rotatable bonds is 9. The lowest BCUT2D eigenvalue weighted by molar-refractivity contribution is 0.0878. The van der Waals surface area contributed by atoms with E-state index in [2.05, 4.69) is 61.9 Å². The number of aromatic nitrogens is 8. The predicted octanol–water partition coefficient (Wildman–Crippen LogP) is 4.67. The highest BCUT2D eigenvalue weighted by Gasteiger charge is 2.26. The predicted molar refractivity (Wildman–Crippen MR) is 131 cm³/mol. The molecule has 1 aliphatic carbocycles. The number of tetrazole rings is 1. The Kier molecular flexibility index (Phi) is 7.02. The molecular formula is C26H30N8O. The quantitative estimate of drug-likeness (QED) is 0.353. The monoisotopic (exact) mass is 470 g/mol. The molecule has 9 nitrogen and oxygen atoms in total. The Balaban J connectivity index is 1.37. The molecule has 1 fully saturated rings. The van der Waals surface area contributed by atoms with E-state index in [0.29, 0.717) is 18.2 Å². The Hall–Kier alpha value is -3.75. The van der Waals surface area contributed by atoms with Crippen molar-refractivity contribution in [2.45, 2.75) is 64.8 Å². The Bertz CT molecular complexity index is 1260. The number of H-pyrrole nitrogens is 1. The number of unbranched alkanes of at least 4 members (excludes halogenated alkanes) is 1. The zero-order valence-electron chi connectivity index (χ0n) is 20.0. The van der Waals surface area contributed by atoms with Crippen LogP contribution in [-0.4, -0.2) is 46.2 Å². The molecule has 0 aliphatic heterocycles. The Morgan fingerprint density at radius 3 is 2.66 bits per heavy atom. The highest BCUT2D eigenvalue weighted by molar-refractivity contribution is 5.94. The summed E-state index contributed by atoms with van der Waals surface area (Å²) in [6.45, 7) is 2.74. The second-order valence-electron chi connectivity index (χ2n) is 9.17. The first kappa shape index (κ1) is 23.0. The zero-order valence-corrected chi connectivity index (χ0v) is 20.0. The number of aromatic amines is 1. The van der Waals surface area contributed by atoms with Crippen molar-refractivity contribution in [1.29, 1.82) is 0 Å². The van der Waals surface area contributed by atoms with Crippen LogP contribution < -0.4 is 0 Å². The van der Waals surface area contributed by atoms with Crippen molar-refractivity contribution in [2.24, 2.45) is 5.92 Å². The van der Waals surface area contributed by atoms with Crippen molar-refractivity contribution in [3.8, 4) is 22.5 Å². The summed E-state index contributed by atoms with van der Waals surface area (Å²) in [5, 5.41) is 19.1. The van der Waals surface area contributed by atoms with Gasteiger partial charge in [0.15, 0.2) is 0 Å². The lowest BCUT2D eigenvalue weighted by Gasteiger charge is -2.18. The normalized spacial score (nSPS) is 14.3. The highest BCUT2D eigenvalue weighted by Crippen LogP contribution is 2.29. The molecule has 1 aromatic carbocycles. The van der Waals surface area contributed by atoms with Crippen LogP contribution >= 0.6 is 0 Å². The van der Waals surface area contributed by atoms with Crippen molar-refractivity contribution >= 4 is 5.78 Å². The van der Waals surface area contributed by atoms with E-state index in [4.69, 9.17) is 4.98 Å². The first-order valence-electron chi connectivity index (χ1n) is 12.5. The molecule has 0 radical (unpaired) electrons. The van der Waals surface area contributed by atoms with Crippen LogP contribution in [0.3, 0.4) is 0 Å². The van der Waals surface area contributed by atoms with Gasteiger partial charge in [0.1, 0.15) is 5.82 Å². The van der Waals surface area contributed by atoms with Gasteiger partial charge in [-0.2, -0.15) is 5.21 Å². The Morgan fingerprint density at radius 2 is 1.91 bits per heavy atom. The molecule has 3 heterocycles. The molecule has 0 bridgehead atoms. The maximum atomic E-state index is 13.1. The lowest BCUT2D eigenvalue weighted by atomic mass is 9.86. The van der Waals surface area contributed by atoms with Gasteiger partial charge >= 0.3 is 0 Å². The van der Waals surface area contributed by atoms with E-state index in [1.807, 2.05) is 16.9 Å². The smallest absolute Gasteiger partial charge is 0.217 e. The summed E-state index contributed by atoms with van der Waals surface area (Å²) in [6.07, 6.45) is 11.8. The average Bonchev–Trinajstić information content (AvgIpc) is 3.59. The number of benzene rings is 1. The lowest BCUT2D eigenvalue weighted by Crippen LogP contribution is -2.19. The van der Waals surface area contributed by atoms with Gasteiger partial charge in [0.05, 0.1) is 6.54 Å². The molecule has 180 valence electrons. The molecule has 3 aromatic heterocycles. The molecule has 0 unspecified atom stereocenters. The fraction of sp³-hybridized carbons (Fsp3) is 0.423. The van der Waals surface area contributed by atoms with Gasteiger partial charge in [-0.25, -0.2) is 9.67 Å². The first-order chi connectivity index (χ1) is 17.2. The van der Waals surface area contributed by atoms with E-state index < -0.39 is 0 Å². The van der Waals surface area contributed by atoms with Crippen LogP contribution in [0.2, 0.25) is 0 Å². The van der Waals surface area contributed by atoms with Gasteiger partial charge in [-0.15, -0.1) is 15.3 Å². The number of Topliss-reactive ketones (excluding diaryl/α,β-unsaturated/α-hetero) is 1. The van der Waals surface area contributed by atoms with Crippen LogP contribution in [0.5, 0.6) is 0 Å². The molecule has 4 aromatic rings.